The molecule has 0 aliphatic heterocycles. The SMILES string of the molecule is Cc1ccc(NC(=O)NC2CCC2)cc1S(N)(=O)=O. The molecule has 104 valence electrons. The smallest absolute Gasteiger partial charge is 0.319 e. The van der Waals surface area contributed by atoms with Crippen LogP contribution in [0.3, 0.4) is 0 Å². The van der Waals surface area contributed by atoms with Crippen molar-refractivity contribution >= 4 is 21.7 Å². The molecule has 0 heterocycles. The zero-order valence-corrected chi connectivity index (χ0v) is 11.5. The first-order chi connectivity index (χ1) is 8.86. The van der Waals surface area contributed by atoms with Crippen LogP contribution in [0.25, 0.3) is 0 Å². The molecule has 1 fully saturated rings. The lowest BCUT2D eigenvalue weighted by atomic mass is 9.93. The maximum atomic E-state index is 11.7. The Morgan fingerprint density at radius 2 is 2.05 bits per heavy atom. The molecule has 0 aromatic heterocycles. The van der Waals surface area contributed by atoms with Crippen LogP contribution in [0.5, 0.6) is 0 Å². The zero-order chi connectivity index (χ0) is 14.0. The molecule has 7 heteroatoms. The van der Waals surface area contributed by atoms with Crippen molar-refractivity contribution in [1.82, 2.24) is 5.32 Å². The van der Waals surface area contributed by atoms with Gasteiger partial charge in [0.1, 0.15) is 0 Å². The Morgan fingerprint density at radius 1 is 1.37 bits per heavy atom. The highest BCUT2D eigenvalue weighted by atomic mass is 32.2. The van der Waals surface area contributed by atoms with Crippen LogP contribution in [0, 0.1) is 6.92 Å². The van der Waals surface area contributed by atoms with Gasteiger partial charge in [-0.25, -0.2) is 18.4 Å². The van der Waals surface area contributed by atoms with Gasteiger partial charge < -0.3 is 10.6 Å². The summed E-state index contributed by atoms with van der Waals surface area (Å²) < 4.78 is 22.7. The quantitative estimate of drug-likeness (QED) is 0.779. The van der Waals surface area contributed by atoms with Gasteiger partial charge in [-0.1, -0.05) is 6.07 Å². The van der Waals surface area contributed by atoms with Crippen molar-refractivity contribution in [3.8, 4) is 0 Å². The summed E-state index contributed by atoms with van der Waals surface area (Å²) in [5, 5.41) is 10.5. The Labute approximate surface area is 112 Å². The largest absolute Gasteiger partial charge is 0.335 e. The fraction of sp³-hybridized carbons (Fsp3) is 0.417. The molecule has 1 aromatic carbocycles. The van der Waals surface area contributed by atoms with Crippen LogP contribution in [0.4, 0.5) is 10.5 Å². The minimum atomic E-state index is -3.78. The number of carbonyl (C=O) groups excluding carboxylic acids is 1. The summed E-state index contributed by atoms with van der Waals surface area (Å²) in [5.41, 5.74) is 0.957. The number of nitrogens with one attached hydrogen (secondary N) is 2. The molecule has 0 unspecified atom stereocenters. The van der Waals surface area contributed by atoms with E-state index in [9.17, 15) is 13.2 Å². The van der Waals surface area contributed by atoms with Crippen LogP contribution in [0.15, 0.2) is 23.1 Å². The fourth-order valence-corrected chi connectivity index (χ4v) is 2.70. The molecule has 4 N–H and O–H groups in total. The molecule has 0 bridgehead atoms. The number of carbonyl (C=O) groups is 1. The average Bonchev–Trinajstić information content (AvgIpc) is 2.25. The first-order valence-corrected chi connectivity index (χ1v) is 7.62. The molecule has 1 aliphatic carbocycles. The molecule has 2 amide bonds. The Hall–Kier alpha value is -1.60. The molecule has 0 saturated heterocycles. The van der Waals surface area contributed by atoms with E-state index in [4.69, 9.17) is 5.14 Å². The number of rotatable bonds is 3. The lowest BCUT2D eigenvalue weighted by Gasteiger charge is -2.26. The van der Waals surface area contributed by atoms with Crippen molar-refractivity contribution in [2.45, 2.75) is 37.1 Å². The average molecular weight is 283 g/mol. The van der Waals surface area contributed by atoms with Crippen molar-refractivity contribution in [3.05, 3.63) is 23.8 Å². The van der Waals surface area contributed by atoms with Gasteiger partial charge in [0.05, 0.1) is 4.90 Å². The molecule has 0 atom stereocenters. The normalized spacial score (nSPS) is 15.7. The lowest BCUT2D eigenvalue weighted by Crippen LogP contribution is -2.41. The number of aryl methyl sites for hydroxylation is 1. The van der Waals surface area contributed by atoms with E-state index in [1.165, 1.54) is 6.07 Å². The van der Waals surface area contributed by atoms with Gasteiger partial charge in [0.15, 0.2) is 0 Å². The minimum absolute atomic E-state index is 0.0222. The number of amides is 2. The number of anilines is 1. The van der Waals surface area contributed by atoms with Gasteiger partial charge in [-0.15, -0.1) is 0 Å². The Morgan fingerprint density at radius 3 is 2.58 bits per heavy atom. The molecule has 6 nitrogen and oxygen atoms in total. The van der Waals surface area contributed by atoms with E-state index < -0.39 is 10.0 Å². The van der Waals surface area contributed by atoms with Crippen molar-refractivity contribution in [3.63, 3.8) is 0 Å². The fourth-order valence-electron chi connectivity index (χ4n) is 1.89. The molecular formula is C12H17N3O3S. The predicted octanol–water partition coefficient (Wildman–Crippen LogP) is 1.32. The highest BCUT2D eigenvalue weighted by molar-refractivity contribution is 7.89. The summed E-state index contributed by atoms with van der Waals surface area (Å²) in [7, 11) is -3.78. The van der Waals surface area contributed by atoms with Gasteiger partial charge in [0.25, 0.3) is 0 Å². The third-order valence-electron chi connectivity index (χ3n) is 3.19. The van der Waals surface area contributed by atoms with Crippen LogP contribution >= 0.6 is 0 Å². The van der Waals surface area contributed by atoms with E-state index in [-0.39, 0.29) is 17.0 Å². The molecule has 2 rings (SSSR count). The van der Waals surface area contributed by atoms with E-state index in [1.807, 2.05) is 0 Å². The summed E-state index contributed by atoms with van der Waals surface area (Å²) >= 11 is 0. The van der Waals surface area contributed by atoms with Gasteiger partial charge in [-0.3, -0.25) is 0 Å². The van der Waals surface area contributed by atoms with Crippen molar-refractivity contribution in [1.29, 1.82) is 0 Å². The van der Waals surface area contributed by atoms with Crippen LogP contribution in [-0.4, -0.2) is 20.5 Å². The molecule has 0 spiro atoms. The monoisotopic (exact) mass is 283 g/mol. The van der Waals surface area contributed by atoms with Gasteiger partial charge in [-0.2, -0.15) is 0 Å². The van der Waals surface area contributed by atoms with Crippen molar-refractivity contribution in [2.24, 2.45) is 5.14 Å². The standard InChI is InChI=1S/C12H17N3O3S/c1-8-5-6-10(7-11(8)19(13,17)18)15-12(16)14-9-3-2-4-9/h5-7,9H,2-4H2,1H3,(H2,13,17,18)(H2,14,15,16). The van der Waals surface area contributed by atoms with Crippen molar-refractivity contribution < 1.29 is 13.2 Å². The third-order valence-corrected chi connectivity index (χ3v) is 4.25. The summed E-state index contributed by atoms with van der Waals surface area (Å²) in [6, 6.07) is 4.52. The number of sulfonamides is 1. The first-order valence-electron chi connectivity index (χ1n) is 6.07. The Balaban J connectivity index is 2.10. The highest BCUT2D eigenvalue weighted by Crippen LogP contribution is 2.20. The molecule has 1 aliphatic rings. The van der Waals surface area contributed by atoms with Gasteiger partial charge in [-0.05, 0) is 43.9 Å². The molecular weight excluding hydrogens is 266 g/mol. The van der Waals surface area contributed by atoms with Gasteiger partial charge in [0.2, 0.25) is 10.0 Å². The second-order valence-corrected chi connectivity index (χ2v) is 6.28. The molecule has 1 aromatic rings. The maximum absolute atomic E-state index is 11.7. The second-order valence-electron chi connectivity index (χ2n) is 4.75. The zero-order valence-electron chi connectivity index (χ0n) is 10.6. The van der Waals surface area contributed by atoms with Crippen LogP contribution < -0.4 is 15.8 Å². The number of benzene rings is 1. The van der Waals surface area contributed by atoms with Crippen LogP contribution in [-0.2, 0) is 10.0 Å². The summed E-state index contributed by atoms with van der Waals surface area (Å²) in [6.45, 7) is 1.65. The topological polar surface area (TPSA) is 101 Å². The summed E-state index contributed by atoms with van der Waals surface area (Å²) in [5.74, 6) is 0. The van der Waals surface area contributed by atoms with Gasteiger partial charge in [0, 0.05) is 11.7 Å². The number of urea groups is 1. The van der Waals surface area contributed by atoms with E-state index in [0.29, 0.717) is 11.3 Å². The minimum Gasteiger partial charge on any atom is -0.335 e. The number of hydrogen-bond acceptors (Lipinski definition) is 3. The van der Waals surface area contributed by atoms with E-state index in [0.717, 1.165) is 19.3 Å². The number of hydrogen-bond donors (Lipinski definition) is 3. The molecule has 0 radical (unpaired) electrons. The Kier molecular flexibility index (Phi) is 3.77. The van der Waals surface area contributed by atoms with E-state index in [2.05, 4.69) is 10.6 Å². The van der Waals surface area contributed by atoms with Crippen molar-refractivity contribution in [2.75, 3.05) is 5.32 Å². The lowest BCUT2D eigenvalue weighted by molar-refractivity contribution is 0.240. The molecule has 19 heavy (non-hydrogen) atoms. The van der Waals surface area contributed by atoms with Crippen LogP contribution in [0.2, 0.25) is 0 Å². The van der Waals surface area contributed by atoms with Gasteiger partial charge >= 0.3 is 6.03 Å². The molecule has 1 saturated carbocycles. The Bertz CT molecular complexity index is 594. The first kappa shape index (κ1) is 13.8. The predicted molar refractivity (Wildman–Crippen MR) is 72.3 cm³/mol. The third kappa shape index (κ3) is 3.45. The maximum Gasteiger partial charge on any atom is 0.319 e. The van der Waals surface area contributed by atoms with E-state index >= 15 is 0 Å². The summed E-state index contributed by atoms with van der Waals surface area (Å²) in [4.78, 5) is 11.7. The van der Waals surface area contributed by atoms with Crippen LogP contribution in [0.1, 0.15) is 24.8 Å². The summed E-state index contributed by atoms with van der Waals surface area (Å²) in [6.07, 6.45) is 3.11. The number of nitrogens with two attached hydrogens (primary N) is 1. The number of primary sulfonamides is 1. The van der Waals surface area contributed by atoms with E-state index in [1.54, 1.807) is 19.1 Å². The highest BCUT2D eigenvalue weighted by Gasteiger charge is 2.19. The second kappa shape index (κ2) is 5.18.